The standard InChI is InChI=1S/C19H23N5O5S/c1-9-11(16(19(28)29)24-15(9)14(10(2)25)18(24)27)5-22-6-13-23(8-22)12(7-30-13)17(26)21-4-3-20/h6-10,14-15,25H,3-5,20H2,1-2H3,(H-,21,26,28,29)/p+1/t9-,10+,14+,15+/m0/s1. The summed E-state index contributed by atoms with van der Waals surface area (Å²) in [7, 11) is 0. The number of β-lactam (4-membered cyclic amide) rings is 1. The maximum absolute atomic E-state index is 12.5. The van der Waals surface area contributed by atoms with E-state index in [0.717, 1.165) is 4.83 Å². The molecule has 0 bridgehead atoms. The molecule has 1 fully saturated rings. The highest BCUT2D eigenvalue weighted by Crippen LogP contribution is 2.47. The number of carboxylic acids is 1. The normalized spacial score (nSPS) is 24.2. The summed E-state index contributed by atoms with van der Waals surface area (Å²) < 4.78 is 3.56. The smallest absolute Gasteiger partial charge is 0.352 e. The zero-order chi connectivity index (χ0) is 21.7. The highest BCUT2D eigenvalue weighted by molar-refractivity contribution is 7.15. The minimum Gasteiger partial charge on any atom is -0.477 e. The first-order valence-electron chi connectivity index (χ1n) is 9.70. The SMILES string of the molecule is C[C@@H](O)[C@H]1C(=O)N2C(C(=O)O)=C(C[n+]3cc4scc(C(=O)NCCN)n4c3)[C@H](C)[C@H]12. The van der Waals surface area contributed by atoms with Gasteiger partial charge < -0.3 is 26.2 Å². The van der Waals surface area contributed by atoms with Crippen LogP contribution in [0.5, 0.6) is 0 Å². The fourth-order valence-corrected chi connectivity index (χ4v) is 5.37. The lowest BCUT2D eigenvalue weighted by molar-refractivity contribution is -0.688. The summed E-state index contributed by atoms with van der Waals surface area (Å²) in [5.41, 5.74) is 6.53. The number of nitrogens with zero attached hydrogens (tertiary/aromatic N) is 3. The number of aliphatic hydroxyl groups excluding tert-OH is 1. The Kier molecular flexibility index (Phi) is 5.12. The Hall–Kier alpha value is -2.76. The molecule has 4 atom stereocenters. The Labute approximate surface area is 176 Å². The molecular weight excluding hydrogens is 410 g/mol. The van der Waals surface area contributed by atoms with Crippen molar-refractivity contribution in [2.45, 2.75) is 32.5 Å². The molecule has 0 spiro atoms. The molecule has 0 aliphatic carbocycles. The molecule has 4 rings (SSSR count). The number of carbonyl (C=O) groups excluding carboxylic acids is 2. The molecule has 1 saturated heterocycles. The van der Waals surface area contributed by atoms with E-state index in [9.17, 15) is 24.6 Å². The number of carbonyl (C=O) groups is 3. The average Bonchev–Trinajstić information content (AvgIpc) is 3.31. The van der Waals surface area contributed by atoms with Crippen molar-refractivity contribution in [3.8, 4) is 0 Å². The summed E-state index contributed by atoms with van der Waals surface area (Å²) in [5, 5.41) is 24.2. The van der Waals surface area contributed by atoms with E-state index >= 15 is 0 Å². The van der Waals surface area contributed by atoms with Crippen molar-refractivity contribution in [2.24, 2.45) is 17.6 Å². The van der Waals surface area contributed by atoms with Crippen molar-refractivity contribution in [1.29, 1.82) is 0 Å². The highest BCUT2D eigenvalue weighted by Gasteiger charge is 2.60. The van der Waals surface area contributed by atoms with Crippen LogP contribution in [0, 0.1) is 11.8 Å². The van der Waals surface area contributed by atoms with E-state index in [2.05, 4.69) is 5.32 Å². The number of thiazole rings is 1. The van der Waals surface area contributed by atoms with E-state index in [0.29, 0.717) is 24.4 Å². The van der Waals surface area contributed by atoms with Crippen molar-refractivity contribution in [3.05, 3.63) is 34.9 Å². The predicted octanol–water partition coefficient (Wildman–Crippen LogP) is -0.827. The predicted molar refractivity (Wildman–Crippen MR) is 106 cm³/mol. The third kappa shape index (κ3) is 3.01. The minimum absolute atomic E-state index is 0.00244. The fourth-order valence-electron chi connectivity index (χ4n) is 4.46. The second-order valence-corrected chi connectivity index (χ2v) is 8.61. The van der Waals surface area contributed by atoms with Crippen LogP contribution in [-0.4, -0.2) is 62.5 Å². The van der Waals surface area contributed by atoms with Crippen LogP contribution < -0.4 is 15.6 Å². The molecule has 0 aromatic carbocycles. The van der Waals surface area contributed by atoms with Gasteiger partial charge in [-0.1, -0.05) is 18.3 Å². The van der Waals surface area contributed by atoms with Gasteiger partial charge in [0.25, 0.3) is 12.2 Å². The quantitative estimate of drug-likeness (QED) is 0.331. The molecule has 2 aliphatic heterocycles. The lowest BCUT2D eigenvalue weighted by atomic mass is 9.78. The van der Waals surface area contributed by atoms with Gasteiger partial charge >= 0.3 is 5.97 Å². The Morgan fingerprint density at radius 1 is 1.43 bits per heavy atom. The van der Waals surface area contributed by atoms with Crippen LogP contribution in [0.15, 0.2) is 29.2 Å². The number of amides is 2. The van der Waals surface area contributed by atoms with Crippen molar-refractivity contribution < 1.29 is 29.2 Å². The topological polar surface area (TPSA) is 141 Å². The number of aliphatic hydroxyl groups is 1. The fraction of sp³-hybridized carbons (Fsp3) is 0.474. The van der Waals surface area contributed by atoms with Crippen LogP contribution in [0.2, 0.25) is 0 Å². The summed E-state index contributed by atoms with van der Waals surface area (Å²) in [6, 6.07) is -0.347. The summed E-state index contributed by atoms with van der Waals surface area (Å²) >= 11 is 1.40. The van der Waals surface area contributed by atoms with Gasteiger partial charge in [-0.05, 0) is 6.92 Å². The molecule has 2 amide bonds. The number of carboxylic acid groups (broad SMARTS) is 1. The maximum Gasteiger partial charge on any atom is 0.352 e. The summed E-state index contributed by atoms with van der Waals surface area (Å²) in [4.78, 5) is 38.8. The molecule has 4 heterocycles. The first-order valence-corrected chi connectivity index (χ1v) is 10.6. The number of aromatic nitrogens is 2. The number of hydrogen-bond donors (Lipinski definition) is 4. The first kappa shape index (κ1) is 20.5. The molecule has 30 heavy (non-hydrogen) atoms. The molecule has 0 saturated carbocycles. The largest absolute Gasteiger partial charge is 0.477 e. The third-order valence-corrected chi connectivity index (χ3v) is 6.75. The molecule has 0 radical (unpaired) electrons. The second-order valence-electron chi connectivity index (χ2n) is 7.72. The number of fused-ring (bicyclic) bond motifs is 2. The molecule has 11 heteroatoms. The van der Waals surface area contributed by atoms with Gasteiger partial charge in [-0.3, -0.25) is 9.59 Å². The van der Waals surface area contributed by atoms with Gasteiger partial charge in [-0.2, -0.15) is 4.40 Å². The van der Waals surface area contributed by atoms with E-state index in [4.69, 9.17) is 5.73 Å². The number of aliphatic carboxylic acids is 1. The molecule has 160 valence electrons. The van der Waals surface area contributed by atoms with Crippen LogP contribution in [-0.2, 0) is 16.1 Å². The van der Waals surface area contributed by atoms with E-state index in [1.165, 1.54) is 16.2 Å². The number of hydrogen-bond acceptors (Lipinski definition) is 6. The molecule has 0 unspecified atom stereocenters. The lowest BCUT2D eigenvalue weighted by Crippen LogP contribution is -2.63. The molecule has 2 aromatic rings. The summed E-state index contributed by atoms with van der Waals surface area (Å²) in [6.45, 7) is 4.43. The van der Waals surface area contributed by atoms with E-state index < -0.39 is 18.0 Å². The second kappa shape index (κ2) is 7.49. The Morgan fingerprint density at radius 2 is 2.17 bits per heavy atom. The monoisotopic (exact) mass is 434 g/mol. The van der Waals surface area contributed by atoms with Gasteiger partial charge in [0.2, 0.25) is 16.4 Å². The average molecular weight is 434 g/mol. The molecule has 2 aliphatic rings. The summed E-state index contributed by atoms with van der Waals surface area (Å²) in [5.74, 6) is -2.53. The van der Waals surface area contributed by atoms with Crippen LogP contribution in [0.1, 0.15) is 24.3 Å². The van der Waals surface area contributed by atoms with Crippen molar-refractivity contribution in [3.63, 3.8) is 0 Å². The number of imidazole rings is 1. The zero-order valence-corrected chi connectivity index (χ0v) is 17.4. The Bertz CT molecular complexity index is 1070. The highest BCUT2D eigenvalue weighted by atomic mass is 32.1. The molecular formula is C19H24N5O5S+. The van der Waals surface area contributed by atoms with E-state index in [1.54, 1.807) is 23.0 Å². The van der Waals surface area contributed by atoms with Gasteiger partial charge in [-0.15, -0.1) is 0 Å². The first-order chi connectivity index (χ1) is 14.3. The Balaban J connectivity index is 1.64. The van der Waals surface area contributed by atoms with Gasteiger partial charge in [0, 0.05) is 30.0 Å². The zero-order valence-electron chi connectivity index (χ0n) is 16.6. The minimum atomic E-state index is -1.15. The number of rotatable bonds is 7. The summed E-state index contributed by atoms with van der Waals surface area (Å²) in [6.07, 6.45) is 2.75. The molecule has 2 aromatic heterocycles. The van der Waals surface area contributed by atoms with Crippen LogP contribution in [0.25, 0.3) is 4.83 Å². The maximum atomic E-state index is 12.5. The van der Waals surface area contributed by atoms with E-state index in [1.807, 2.05) is 17.7 Å². The number of nitrogens with two attached hydrogens (primary N) is 1. The number of nitrogens with one attached hydrogen (secondary N) is 1. The van der Waals surface area contributed by atoms with Crippen LogP contribution in [0.4, 0.5) is 0 Å². The molecule has 5 N–H and O–H groups in total. The van der Waals surface area contributed by atoms with Gasteiger partial charge in [0.1, 0.15) is 18.4 Å². The van der Waals surface area contributed by atoms with Gasteiger partial charge in [-0.25, -0.2) is 9.36 Å². The molecule has 10 nitrogen and oxygen atoms in total. The van der Waals surface area contributed by atoms with Crippen molar-refractivity contribution in [2.75, 3.05) is 13.1 Å². The van der Waals surface area contributed by atoms with Crippen LogP contribution >= 0.6 is 11.3 Å². The van der Waals surface area contributed by atoms with E-state index in [-0.39, 0.29) is 36.0 Å². The van der Waals surface area contributed by atoms with Gasteiger partial charge in [0.05, 0.1) is 18.1 Å². The lowest BCUT2D eigenvalue weighted by Gasteiger charge is -2.46. The Morgan fingerprint density at radius 3 is 2.80 bits per heavy atom. The third-order valence-electron chi connectivity index (χ3n) is 5.86. The van der Waals surface area contributed by atoms with Crippen molar-refractivity contribution >= 4 is 34.0 Å². The van der Waals surface area contributed by atoms with Crippen molar-refractivity contribution in [1.82, 2.24) is 14.6 Å². The van der Waals surface area contributed by atoms with Gasteiger partial charge in [0.15, 0.2) is 0 Å². The van der Waals surface area contributed by atoms with Crippen LogP contribution in [0.3, 0.4) is 0 Å².